The van der Waals surface area contributed by atoms with Gasteiger partial charge in [-0.15, -0.1) is 0 Å². The van der Waals surface area contributed by atoms with Crippen molar-refractivity contribution in [1.82, 2.24) is 0 Å². The SMILES string of the molecule is CS(=O)C1CC1(F)F. The lowest BCUT2D eigenvalue weighted by Gasteiger charge is -1.88. The summed E-state index contributed by atoms with van der Waals surface area (Å²) in [5, 5.41) is -0.845. The van der Waals surface area contributed by atoms with Crippen molar-refractivity contribution in [3.05, 3.63) is 0 Å². The fraction of sp³-hybridized carbons (Fsp3) is 1.00. The molecule has 1 nitrogen and oxygen atoms in total. The maximum atomic E-state index is 11.9. The zero-order valence-electron chi connectivity index (χ0n) is 4.36. The Bertz CT molecular complexity index is 134. The van der Waals surface area contributed by atoms with Crippen LogP contribution < -0.4 is 0 Å². The average Bonchev–Trinajstić information content (AvgIpc) is 2.13. The van der Waals surface area contributed by atoms with Crippen LogP contribution in [-0.2, 0) is 10.8 Å². The van der Waals surface area contributed by atoms with Crippen molar-refractivity contribution in [2.75, 3.05) is 6.26 Å². The molecule has 0 heterocycles. The van der Waals surface area contributed by atoms with E-state index in [1.54, 1.807) is 0 Å². The summed E-state index contributed by atoms with van der Waals surface area (Å²) >= 11 is 0. The van der Waals surface area contributed by atoms with Crippen LogP contribution in [0.15, 0.2) is 0 Å². The van der Waals surface area contributed by atoms with Crippen LogP contribution in [0.2, 0.25) is 0 Å². The highest BCUT2D eigenvalue weighted by Gasteiger charge is 2.59. The summed E-state index contributed by atoms with van der Waals surface area (Å²) in [6, 6.07) is 0. The standard InChI is InChI=1S/C4H6F2OS/c1-8(7)3-2-4(3,5)6/h3H,2H2,1H3. The molecule has 1 aliphatic carbocycles. The second-order valence-corrected chi connectivity index (χ2v) is 3.52. The fourth-order valence-electron chi connectivity index (χ4n) is 0.548. The first-order valence-corrected chi connectivity index (χ1v) is 3.86. The van der Waals surface area contributed by atoms with Gasteiger partial charge in [-0.25, -0.2) is 8.78 Å². The third-order valence-electron chi connectivity index (χ3n) is 1.17. The van der Waals surface area contributed by atoms with Gasteiger partial charge in [0.15, 0.2) is 0 Å². The Morgan fingerprint density at radius 1 is 1.75 bits per heavy atom. The molecule has 0 amide bonds. The van der Waals surface area contributed by atoms with Gasteiger partial charge in [0.1, 0.15) is 5.25 Å². The Hall–Kier alpha value is 0.01000. The molecule has 0 aromatic carbocycles. The van der Waals surface area contributed by atoms with Crippen molar-refractivity contribution in [2.45, 2.75) is 17.6 Å². The van der Waals surface area contributed by atoms with Crippen LogP contribution in [0.3, 0.4) is 0 Å². The van der Waals surface area contributed by atoms with Crippen molar-refractivity contribution in [1.29, 1.82) is 0 Å². The minimum atomic E-state index is -2.61. The summed E-state index contributed by atoms with van der Waals surface area (Å²) in [5.74, 6) is -2.61. The maximum absolute atomic E-state index is 11.9. The molecule has 1 saturated carbocycles. The van der Waals surface area contributed by atoms with Crippen LogP contribution >= 0.6 is 0 Å². The number of alkyl halides is 2. The monoisotopic (exact) mass is 140 g/mol. The molecule has 0 spiro atoms. The Morgan fingerprint density at radius 3 is 2.12 bits per heavy atom. The van der Waals surface area contributed by atoms with E-state index in [0.29, 0.717) is 0 Å². The molecule has 0 N–H and O–H groups in total. The van der Waals surface area contributed by atoms with Crippen LogP contribution in [0.25, 0.3) is 0 Å². The van der Waals surface area contributed by atoms with Gasteiger partial charge in [0, 0.05) is 23.5 Å². The topological polar surface area (TPSA) is 17.1 Å². The predicted molar refractivity (Wildman–Crippen MR) is 27.4 cm³/mol. The Kier molecular flexibility index (Phi) is 1.15. The third kappa shape index (κ3) is 0.891. The van der Waals surface area contributed by atoms with Crippen LogP contribution in [0.1, 0.15) is 6.42 Å². The smallest absolute Gasteiger partial charge is 0.259 e. The van der Waals surface area contributed by atoms with E-state index < -0.39 is 22.0 Å². The molecule has 0 bridgehead atoms. The number of hydrogen-bond donors (Lipinski definition) is 0. The normalized spacial score (nSPS) is 36.6. The molecule has 0 saturated heterocycles. The highest BCUT2D eigenvalue weighted by Crippen LogP contribution is 2.45. The molecule has 2 atom stereocenters. The molecule has 1 fully saturated rings. The van der Waals surface area contributed by atoms with Crippen LogP contribution in [0.4, 0.5) is 8.78 Å². The molecule has 0 aromatic rings. The highest BCUT2D eigenvalue weighted by atomic mass is 32.2. The molecule has 48 valence electrons. The lowest BCUT2D eigenvalue weighted by atomic mass is 10.8. The Morgan fingerprint density at radius 2 is 2.12 bits per heavy atom. The summed E-state index contributed by atoms with van der Waals surface area (Å²) in [6.07, 6.45) is 1.13. The Balaban J connectivity index is 2.48. The molecule has 0 aromatic heterocycles. The quantitative estimate of drug-likeness (QED) is 0.526. The van der Waals surface area contributed by atoms with Gasteiger partial charge in [-0.1, -0.05) is 0 Å². The number of rotatable bonds is 1. The van der Waals surface area contributed by atoms with E-state index in [9.17, 15) is 13.0 Å². The molecule has 0 aliphatic heterocycles. The van der Waals surface area contributed by atoms with Crippen molar-refractivity contribution < 1.29 is 13.0 Å². The summed E-state index contributed by atoms with van der Waals surface area (Å²) < 4.78 is 34.0. The number of halogens is 2. The first kappa shape index (κ1) is 6.13. The minimum absolute atomic E-state index is 0.184. The van der Waals surface area contributed by atoms with E-state index in [1.165, 1.54) is 6.26 Å². The first-order chi connectivity index (χ1) is 3.54. The largest absolute Gasteiger partial charge is 0.263 e. The van der Waals surface area contributed by atoms with Gasteiger partial charge < -0.3 is 0 Å². The van der Waals surface area contributed by atoms with E-state index in [2.05, 4.69) is 0 Å². The molecule has 4 heteroatoms. The molecular weight excluding hydrogens is 134 g/mol. The van der Waals surface area contributed by atoms with Gasteiger partial charge in [-0.05, 0) is 0 Å². The van der Waals surface area contributed by atoms with Crippen molar-refractivity contribution in [3.63, 3.8) is 0 Å². The second kappa shape index (κ2) is 1.50. The average molecular weight is 140 g/mol. The number of hydrogen-bond acceptors (Lipinski definition) is 1. The lowest BCUT2D eigenvalue weighted by molar-refractivity contribution is 0.122. The lowest BCUT2D eigenvalue weighted by Crippen LogP contribution is -2.03. The molecular formula is C4H6F2OS. The zero-order valence-corrected chi connectivity index (χ0v) is 5.17. The van der Waals surface area contributed by atoms with Gasteiger partial charge in [0.05, 0.1) is 0 Å². The maximum Gasteiger partial charge on any atom is 0.263 e. The highest BCUT2D eigenvalue weighted by molar-refractivity contribution is 7.85. The van der Waals surface area contributed by atoms with E-state index >= 15 is 0 Å². The second-order valence-electron chi connectivity index (χ2n) is 1.95. The van der Waals surface area contributed by atoms with Gasteiger partial charge in [0.25, 0.3) is 5.92 Å². The summed E-state index contributed by atoms with van der Waals surface area (Å²) in [6.45, 7) is 0. The van der Waals surface area contributed by atoms with Gasteiger partial charge in [-0.2, -0.15) is 0 Å². The minimum Gasteiger partial charge on any atom is -0.259 e. The Labute approximate surface area is 48.5 Å². The van der Waals surface area contributed by atoms with E-state index in [4.69, 9.17) is 0 Å². The van der Waals surface area contributed by atoms with Crippen LogP contribution in [-0.4, -0.2) is 21.6 Å². The van der Waals surface area contributed by atoms with Gasteiger partial charge in [0.2, 0.25) is 0 Å². The van der Waals surface area contributed by atoms with Crippen molar-refractivity contribution in [2.24, 2.45) is 0 Å². The van der Waals surface area contributed by atoms with Gasteiger partial charge in [-0.3, -0.25) is 4.21 Å². The van der Waals surface area contributed by atoms with Crippen molar-refractivity contribution >= 4 is 10.8 Å². The molecule has 8 heavy (non-hydrogen) atoms. The molecule has 1 aliphatic rings. The van der Waals surface area contributed by atoms with E-state index in [0.717, 1.165) is 0 Å². The molecule has 2 unspecified atom stereocenters. The molecule has 1 rings (SSSR count). The van der Waals surface area contributed by atoms with E-state index in [1.807, 2.05) is 0 Å². The zero-order chi connectivity index (χ0) is 6.36. The van der Waals surface area contributed by atoms with Crippen molar-refractivity contribution in [3.8, 4) is 0 Å². The summed E-state index contributed by atoms with van der Waals surface area (Å²) in [5.41, 5.74) is 0. The summed E-state index contributed by atoms with van der Waals surface area (Å²) in [4.78, 5) is 0. The van der Waals surface area contributed by atoms with Crippen LogP contribution in [0.5, 0.6) is 0 Å². The van der Waals surface area contributed by atoms with Crippen LogP contribution in [0, 0.1) is 0 Å². The molecule has 0 radical (unpaired) electrons. The predicted octanol–water partition coefficient (Wildman–Crippen LogP) is 0.773. The summed E-state index contributed by atoms with van der Waals surface area (Å²) in [7, 11) is -1.33. The van der Waals surface area contributed by atoms with E-state index in [-0.39, 0.29) is 6.42 Å². The fourth-order valence-corrected chi connectivity index (χ4v) is 1.49. The third-order valence-corrected chi connectivity index (χ3v) is 2.48. The first-order valence-electron chi connectivity index (χ1n) is 2.24. The van der Waals surface area contributed by atoms with Gasteiger partial charge >= 0.3 is 0 Å².